The Morgan fingerprint density at radius 1 is 1.23 bits per heavy atom. The summed E-state index contributed by atoms with van der Waals surface area (Å²) in [6.07, 6.45) is 0. The molecule has 7 nitrogen and oxygen atoms in total. The Hall–Kier alpha value is -3.13. The van der Waals surface area contributed by atoms with Gasteiger partial charge in [0.05, 0.1) is 18.6 Å². The average Bonchev–Trinajstić information content (AvgIpc) is 3.14. The molecular weight excluding hydrogens is 412 g/mol. The van der Waals surface area contributed by atoms with Crippen LogP contribution in [0.4, 0.5) is 5.69 Å². The van der Waals surface area contributed by atoms with Crippen molar-refractivity contribution < 1.29 is 14.3 Å². The summed E-state index contributed by atoms with van der Waals surface area (Å²) in [6, 6.07) is 14.7. The third kappa shape index (κ3) is 4.34. The number of thioether (sulfide) groups is 1. The Bertz CT molecular complexity index is 1080. The lowest BCUT2D eigenvalue weighted by Crippen LogP contribution is -2.42. The van der Waals surface area contributed by atoms with Gasteiger partial charge in [-0.3, -0.25) is 14.6 Å². The molecule has 0 fully saturated rings. The van der Waals surface area contributed by atoms with E-state index in [9.17, 15) is 9.59 Å². The number of amidine groups is 2. The van der Waals surface area contributed by atoms with Gasteiger partial charge in [-0.2, -0.15) is 0 Å². The fraction of sp³-hybridized carbons (Fsp3) is 0.304. The number of carbonyl (C=O) groups is 2. The highest BCUT2D eigenvalue weighted by molar-refractivity contribution is 8.14. The minimum absolute atomic E-state index is 0.0789. The van der Waals surface area contributed by atoms with E-state index in [0.29, 0.717) is 17.5 Å². The van der Waals surface area contributed by atoms with Crippen LogP contribution in [0.2, 0.25) is 0 Å². The van der Waals surface area contributed by atoms with Crippen molar-refractivity contribution in [3.05, 3.63) is 59.7 Å². The fourth-order valence-corrected chi connectivity index (χ4v) is 4.30. The SMILES string of the molecule is COc1cccc(CNC(=O)CSC2=Nc3ccccc3C3=NC(C(C)C)C(=O)N23)c1. The molecule has 160 valence electrons. The number of nitrogens with one attached hydrogen (secondary N) is 1. The van der Waals surface area contributed by atoms with Gasteiger partial charge in [0.1, 0.15) is 17.6 Å². The van der Waals surface area contributed by atoms with E-state index in [1.165, 1.54) is 11.8 Å². The zero-order valence-corrected chi connectivity index (χ0v) is 18.5. The van der Waals surface area contributed by atoms with Crippen molar-refractivity contribution in [3.8, 4) is 5.75 Å². The first-order valence-electron chi connectivity index (χ1n) is 10.1. The van der Waals surface area contributed by atoms with Crippen LogP contribution in [0.15, 0.2) is 58.5 Å². The van der Waals surface area contributed by atoms with Crippen LogP contribution in [-0.2, 0) is 16.1 Å². The standard InChI is InChI=1S/C23H24N4O3S/c1-14(2)20-22(29)27-21(26-20)17-9-4-5-10-18(17)25-23(27)31-13-19(28)24-12-15-7-6-8-16(11-15)30-3/h4-11,14,20H,12-13H2,1-3H3,(H,24,28). The van der Waals surface area contributed by atoms with Gasteiger partial charge in [-0.05, 0) is 35.7 Å². The number of aliphatic imine (C=N–C) groups is 2. The number of fused-ring (bicyclic) bond motifs is 3. The van der Waals surface area contributed by atoms with Crippen molar-refractivity contribution in [1.82, 2.24) is 10.2 Å². The van der Waals surface area contributed by atoms with Crippen molar-refractivity contribution in [1.29, 1.82) is 0 Å². The minimum Gasteiger partial charge on any atom is -0.497 e. The molecule has 0 bridgehead atoms. The monoisotopic (exact) mass is 436 g/mol. The minimum atomic E-state index is -0.436. The van der Waals surface area contributed by atoms with Crippen molar-refractivity contribution in [3.63, 3.8) is 0 Å². The summed E-state index contributed by atoms with van der Waals surface area (Å²) in [4.78, 5) is 36.4. The van der Waals surface area contributed by atoms with E-state index in [-0.39, 0.29) is 23.5 Å². The molecule has 2 aromatic rings. The van der Waals surface area contributed by atoms with E-state index in [2.05, 4.69) is 15.3 Å². The van der Waals surface area contributed by atoms with Crippen LogP contribution in [0, 0.1) is 5.92 Å². The summed E-state index contributed by atoms with van der Waals surface area (Å²) in [5.41, 5.74) is 2.55. The Morgan fingerprint density at radius 3 is 2.81 bits per heavy atom. The van der Waals surface area contributed by atoms with Gasteiger partial charge in [-0.15, -0.1) is 0 Å². The summed E-state index contributed by atoms with van der Waals surface area (Å²) < 4.78 is 5.21. The summed E-state index contributed by atoms with van der Waals surface area (Å²) in [5, 5.41) is 3.39. The maximum absolute atomic E-state index is 13.0. The third-order valence-corrected chi connectivity index (χ3v) is 6.03. The van der Waals surface area contributed by atoms with Crippen molar-refractivity contribution in [2.75, 3.05) is 12.9 Å². The molecule has 0 saturated heterocycles. The molecule has 0 saturated carbocycles. The molecule has 2 aliphatic rings. The first-order chi connectivity index (χ1) is 15.0. The zero-order chi connectivity index (χ0) is 22.0. The predicted molar refractivity (Wildman–Crippen MR) is 123 cm³/mol. The normalized spacial score (nSPS) is 17.1. The highest BCUT2D eigenvalue weighted by Gasteiger charge is 2.42. The highest BCUT2D eigenvalue weighted by Crippen LogP contribution is 2.34. The Morgan fingerprint density at radius 2 is 2.03 bits per heavy atom. The maximum Gasteiger partial charge on any atom is 0.259 e. The van der Waals surface area contributed by atoms with Crippen LogP contribution in [0.1, 0.15) is 25.0 Å². The number of para-hydroxylation sites is 1. The molecule has 31 heavy (non-hydrogen) atoms. The summed E-state index contributed by atoms with van der Waals surface area (Å²) in [6.45, 7) is 4.36. The molecule has 2 aliphatic heterocycles. The molecule has 1 N–H and O–H groups in total. The van der Waals surface area contributed by atoms with Crippen LogP contribution in [0.3, 0.4) is 0 Å². The second-order valence-electron chi connectivity index (χ2n) is 7.64. The molecule has 2 amide bonds. The van der Waals surface area contributed by atoms with Crippen LogP contribution in [0.5, 0.6) is 5.75 Å². The molecule has 8 heteroatoms. The highest BCUT2D eigenvalue weighted by atomic mass is 32.2. The fourth-order valence-electron chi connectivity index (χ4n) is 3.46. The van der Waals surface area contributed by atoms with Gasteiger partial charge in [0, 0.05) is 12.1 Å². The number of amides is 2. The summed E-state index contributed by atoms with van der Waals surface area (Å²) >= 11 is 1.24. The van der Waals surface area contributed by atoms with Gasteiger partial charge in [-0.25, -0.2) is 9.89 Å². The molecule has 1 unspecified atom stereocenters. The molecule has 0 radical (unpaired) electrons. The number of rotatable bonds is 6. The molecule has 2 aromatic carbocycles. The van der Waals surface area contributed by atoms with E-state index in [1.54, 1.807) is 12.0 Å². The first kappa shape index (κ1) is 21.1. The lowest BCUT2D eigenvalue weighted by Gasteiger charge is -2.25. The first-order valence-corrected chi connectivity index (χ1v) is 11.1. The zero-order valence-electron chi connectivity index (χ0n) is 17.7. The van der Waals surface area contributed by atoms with E-state index < -0.39 is 6.04 Å². The Labute approximate surface area is 185 Å². The summed E-state index contributed by atoms with van der Waals surface area (Å²) in [7, 11) is 1.61. The number of ether oxygens (including phenoxy) is 1. The molecule has 2 heterocycles. The van der Waals surface area contributed by atoms with E-state index in [1.807, 2.05) is 62.4 Å². The lowest BCUT2D eigenvalue weighted by atomic mass is 10.1. The number of benzene rings is 2. The van der Waals surface area contributed by atoms with Crippen molar-refractivity contribution >= 4 is 40.3 Å². The van der Waals surface area contributed by atoms with E-state index in [4.69, 9.17) is 4.74 Å². The van der Waals surface area contributed by atoms with Gasteiger partial charge >= 0.3 is 0 Å². The molecular formula is C23H24N4O3S. The quantitative estimate of drug-likeness (QED) is 0.753. The van der Waals surface area contributed by atoms with Crippen molar-refractivity contribution in [2.45, 2.75) is 26.4 Å². The number of hydrogen-bond acceptors (Lipinski definition) is 6. The predicted octanol–water partition coefficient (Wildman–Crippen LogP) is 3.36. The second-order valence-corrected chi connectivity index (χ2v) is 8.59. The smallest absolute Gasteiger partial charge is 0.259 e. The molecule has 4 rings (SSSR count). The van der Waals surface area contributed by atoms with Crippen molar-refractivity contribution in [2.24, 2.45) is 15.9 Å². The number of hydrogen-bond donors (Lipinski definition) is 1. The number of carbonyl (C=O) groups excluding carboxylic acids is 2. The largest absolute Gasteiger partial charge is 0.497 e. The van der Waals surface area contributed by atoms with E-state index >= 15 is 0 Å². The summed E-state index contributed by atoms with van der Waals surface area (Å²) in [5.74, 6) is 1.36. The van der Waals surface area contributed by atoms with Gasteiger partial charge in [0.25, 0.3) is 5.91 Å². The van der Waals surface area contributed by atoms with Gasteiger partial charge in [0.2, 0.25) is 5.91 Å². The third-order valence-electron chi connectivity index (χ3n) is 5.09. The lowest BCUT2D eigenvalue weighted by molar-refractivity contribution is -0.125. The van der Waals surface area contributed by atoms with E-state index in [0.717, 1.165) is 22.6 Å². The second kappa shape index (κ2) is 8.93. The topological polar surface area (TPSA) is 83.4 Å². The molecule has 0 aromatic heterocycles. The van der Waals surface area contributed by atoms with Crippen LogP contribution in [0.25, 0.3) is 0 Å². The number of methoxy groups -OCH3 is 1. The molecule has 0 spiro atoms. The Balaban J connectivity index is 1.46. The van der Waals surface area contributed by atoms with Crippen LogP contribution in [-0.4, -0.2) is 46.6 Å². The van der Waals surface area contributed by atoms with Gasteiger partial charge < -0.3 is 10.1 Å². The van der Waals surface area contributed by atoms with Crippen LogP contribution < -0.4 is 10.1 Å². The van der Waals surface area contributed by atoms with Gasteiger partial charge in [-0.1, -0.05) is 49.9 Å². The molecule has 1 atom stereocenters. The average molecular weight is 437 g/mol. The maximum atomic E-state index is 13.0. The Kier molecular flexibility index (Phi) is 6.08. The van der Waals surface area contributed by atoms with Gasteiger partial charge in [0.15, 0.2) is 5.17 Å². The van der Waals surface area contributed by atoms with Crippen LogP contribution >= 0.6 is 11.8 Å². The molecule has 0 aliphatic carbocycles. The number of nitrogens with zero attached hydrogens (tertiary/aromatic N) is 3.